The van der Waals surface area contributed by atoms with E-state index in [1.54, 1.807) is 0 Å². The molecule has 0 amide bonds. The smallest absolute Gasteiger partial charge is 0.308 e. The molecule has 1 atom stereocenters. The van der Waals surface area contributed by atoms with Crippen molar-refractivity contribution in [2.45, 2.75) is 51.2 Å². The molecule has 0 aromatic carbocycles. The Hall–Kier alpha value is -0.570. The molecule has 0 bridgehead atoms. The summed E-state index contributed by atoms with van der Waals surface area (Å²) in [6, 6.07) is 0. The van der Waals surface area contributed by atoms with E-state index in [4.69, 9.17) is 4.74 Å². The summed E-state index contributed by atoms with van der Waals surface area (Å²) >= 11 is 0. The first-order valence-corrected chi connectivity index (χ1v) is 4.78. The fourth-order valence-electron chi connectivity index (χ4n) is 1.74. The molecule has 13 heavy (non-hydrogen) atoms. The number of carbonyl (C=O) groups is 1. The molecular formula is C10H18O3. The second-order valence-corrected chi connectivity index (χ2v) is 4.17. The highest BCUT2D eigenvalue weighted by Gasteiger charge is 2.29. The number of hydrogen-bond donors (Lipinski definition) is 0. The van der Waals surface area contributed by atoms with E-state index in [0.29, 0.717) is 6.42 Å². The molecule has 1 fully saturated rings. The Kier molecular flexibility index (Phi) is 3.31. The molecule has 1 aliphatic heterocycles. The van der Waals surface area contributed by atoms with Gasteiger partial charge < -0.3 is 9.47 Å². The first kappa shape index (κ1) is 10.5. The van der Waals surface area contributed by atoms with Crippen molar-refractivity contribution in [1.82, 2.24) is 0 Å². The van der Waals surface area contributed by atoms with Crippen LogP contribution in [0.4, 0.5) is 0 Å². The van der Waals surface area contributed by atoms with Crippen LogP contribution in [0.2, 0.25) is 0 Å². The van der Waals surface area contributed by atoms with E-state index in [2.05, 4.69) is 18.6 Å². The van der Waals surface area contributed by atoms with Gasteiger partial charge in [-0.15, -0.1) is 0 Å². The van der Waals surface area contributed by atoms with Crippen molar-refractivity contribution in [3.8, 4) is 0 Å². The van der Waals surface area contributed by atoms with Crippen LogP contribution in [-0.2, 0) is 14.3 Å². The summed E-state index contributed by atoms with van der Waals surface area (Å²) in [6.07, 6.45) is 3.62. The fraction of sp³-hybridized carbons (Fsp3) is 0.900. The quantitative estimate of drug-likeness (QED) is 0.618. The molecule has 3 heteroatoms. The van der Waals surface area contributed by atoms with E-state index in [0.717, 1.165) is 19.3 Å². The van der Waals surface area contributed by atoms with Crippen LogP contribution in [0.3, 0.4) is 0 Å². The van der Waals surface area contributed by atoms with Crippen LogP contribution in [0.5, 0.6) is 0 Å². The maximum Gasteiger partial charge on any atom is 0.308 e. The summed E-state index contributed by atoms with van der Waals surface area (Å²) in [6.45, 7) is 4.13. The monoisotopic (exact) mass is 186 g/mol. The average molecular weight is 186 g/mol. The first-order chi connectivity index (χ1) is 6.03. The number of carbonyl (C=O) groups excluding carboxylic acids is 1. The molecule has 3 nitrogen and oxygen atoms in total. The Balaban J connectivity index is 2.39. The minimum atomic E-state index is -0.178. The number of esters is 1. The van der Waals surface area contributed by atoms with Gasteiger partial charge in [0, 0.05) is 0 Å². The Labute approximate surface area is 79.4 Å². The molecule has 1 unspecified atom stereocenters. The molecule has 0 saturated carbocycles. The van der Waals surface area contributed by atoms with Gasteiger partial charge in [0.05, 0.1) is 25.2 Å². The SMILES string of the molecule is COC(=O)CC1CCCC(C)(C)O1. The largest absolute Gasteiger partial charge is 0.469 e. The summed E-state index contributed by atoms with van der Waals surface area (Å²) in [7, 11) is 1.41. The Morgan fingerprint density at radius 2 is 2.31 bits per heavy atom. The minimum absolute atomic E-state index is 0.0520. The lowest BCUT2D eigenvalue weighted by atomic mass is 9.94. The minimum Gasteiger partial charge on any atom is -0.469 e. The van der Waals surface area contributed by atoms with E-state index in [1.807, 2.05) is 0 Å². The van der Waals surface area contributed by atoms with E-state index >= 15 is 0 Å². The average Bonchev–Trinajstić information content (AvgIpc) is 2.02. The lowest BCUT2D eigenvalue weighted by molar-refractivity contribution is -0.152. The molecule has 0 aromatic heterocycles. The lowest BCUT2D eigenvalue weighted by Crippen LogP contribution is -2.36. The van der Waals surface area contributed by atoms with E-state index in [-0.39, 0.29) is 17.7 Å². The third-order valence-corrected chi connectivity index (χ3v) is 2.41. The molecule has 0 N–H and O–H groups in total. The standard InChI is InChI=1S/C10H18O3/c1-10(2)6-4-5-8(13-10)7-9(11)12-3/h8H,4-7H2,1-3H3. The first-order valence-electron chi connectivity index (χ1n) is 4.78. The van der Waals surface area contributed by atoms with Gasteiger partial charge in [-0.2, -0.15) is 0 Å². The summed E-state index contributed by atoms with van der Waals surface area (Å²) in [5.74, 6) is -0.178. The van der Waals surface area contributed by atoms with Gasteiger partial charge in [-0.1, -0.05) is 0 Å². The predicted molar refractivity (Wildman–Crippen MR) is 49.4 cm³/mol. The van der Waals surface area contributed by atoms with Crippen LogP contribution in [-0.4, -0.2) is 24.8 Å². The summed E-state index contributed by atoms with van der Waals surface area (Å²) in [5, 5.41) is 0. The number of ether oxygens (including phenoxy) is 2. The molecule has 0 radical (unpaired) electrons. The van der Waals surface area contributed by atoms with Crippen LogP contribution in [0.15, 0.2) is 0 Å². The van der Waals surface area contributed by atoms with Gasteiger partial charge in [-0.05, 0) is 33.1 Å². The molecule has 0 spiro atoms. The van der Waals surface area contributed by atoms with Crippen LogP contribution in [0.25, 0.3) is 0 Å². The second kappa shape index (κ2) is 4.09. The van der Waals surface area contributed by atoms with Crippen molar-refractivity contribution in [2.75, 3.05) is 7.11 Å². The number of methoxy groups -OCH3 is 1. The van der Waals surface area contributed by atoms with Crippen molar-refractivity contribution in [3.63, 3.8) is 0 Å². The molecule has 1 rings (SSSR count). The summed E-state index contributed by atoms with van der Waals surface area (Å²) in [5.41, 5.74) is -0.0725. The molecule has 1 heterocycles. The predicted octanol–water partition coefficient (Wildman–Crippen LogP) is 1.90. The van der Waals surface area contributed by atoms with Crippen molar-refractivity contribution in [1.29, 1.82) is 0 Å². The Bertz CT molecular complexity index is 187. The third-order valence-electron chi connectivity index (χ3n) is 2.41. The van der Waals surface area contributed by atoms with Gasteiger partial charge in [0.15, 0.2) is 0 Å². The zero-order valence-electron chi connectivity index (χ0n) is 8.63. The fourth-order valence-corrected chi connectivity index (χ4v) is 1.74. The molecule has 0 aromatic rings. The van der Waals surface area contributed by atoms with Gasteiger partial charge in [0.2, 0.25) is 0 Å². The third kappa shape index (κ3) is 3.35. The van der Waals surface area contributed by atoms with Crippen LogP contribution >= 0.6 is 0 Å². The van der Waals surface area contributed by atoms with E-state index in [1.165, 1.54) is 7.11 Å². The maximum atomic E-state index is 11.0. The highest BCUT2D eigenvalue weighted by molar-refractivity contribution is 5.69. The van der Waals surface area contributed by atoms with Crippen LogP contribution in [0.1, 0.15) is 39.5 Å². The van der Waals surface area contributed by atoms with Gasteiger partial charge in [0.1, 0.15) is 0 Å². The highest BCUT2D eigenvalue weighted by atomic mass is 16.5. The lowest BCUT2D eigenvalue weighted by Gasteiger charge is -2.35. The molecule has 1 saturated heterocycles. The zero-order chi connectivity index (χ0) is 9.90. The molecule has 1 aliphatic rings. The Morgan fingerprint density at radius 1 is 1.62 bits per heavy atom. The van der Waals surface area contributed by atoms with Crippen LogP contribution < -0.4 is 0 Å². The number of rotatable bonds is 2. The summed E-state index contributed by atoms with van der Waals surface area (Å²) < 4.78 is 10.3. The van der Waals surface area contributed by atoms with Crippen molar-refractivity contribution in [3.05, 3.63) is 0 Å². The topological polar surface area (TPSA) is 35.5 Å². The van der Waals surface area contributed by atoms with E-state index < -0.39 is 0 Å². The van der Waals surface area contributed by atoms with Gasteiger partial charge in [-0.3, -0.25) is 4.79 Å². The maximum absolute atomic E-state index is 11.0. The normalized spacial score (nSPS) is 26.8. The molecular weight excluding hydrogens is 168 g/mol. The summed E-state index contributed by atoms with van der Waals surface area (Å²) in [4.78, 5) is 11.0. The van der Waals surface area contributed by atoms with Crippen LogP contribution in [0, 0.1) is 0 Å². The van der Waals surface area contributed by atoms with Crippen molar-refractivity contribution in [2.24, 2.45) is 0 Å². The van der Waals surface area contributed by atoms with Gasteiger partial charge in [0.25, 0.3) is 0 Å². The Morgan fingerprint density at radius 3 is 2.85 bits per heavy atom. The molecule has 76 valence electrons. The van der Waals surface area contributed by atoms with Crippen molar-refractivity contribution < 1.29 is 14.3 Å². The zero-order valence-corrected chi connectivity index (χ0v) is 8.63. The van der Waals surface area contributed by atoms with Gasteiger partial charge in [-0.25, -0.2) is 0 Å². The van der Waals surface area contributed by atoms with Gasteiger partial charge >= 0.3 is 5.97 Å². The van der Waals surface area contributed by atoms with Crippen molar-refractivity contribution >= 4 is 5.97 Å². The van der Waals surface area contributed by atoms with E-state index in [9.17, 15) is 4.79 Å². The number of hydrogen-bond acceptors (Lipinski definition) is 3. The second-order valence-electron chi connectivity index (χ2n) is 4.17. The molecule has 0 aliphatic carbocycles. The highest BCUT2D eigenvalue weighted by Crippen LogP contribution is 2.29.